The van der Waals surface area contributed by atoms with Crippen molar-refractivity contribution in [2.75, 3.05) is 24.9 Å². The van der Waals surface area contributed by atoms with Crippen molar-refractivity contribution in [2.24, 2.45) is 0 Å². The minimum Gasteiger partial charge on any atom is -0.466 e. The molecule has 0 radical (unpaired) electrons. The first-order valence-electron chi connectivity index (χ1n) is 9.14. The fourth-order valence-corrected chi connectivity index (χ4v) is 2.65. The van der Waals surface area contributed by atoms with Crippen LogP contribution in [0.3, 0.4) is 0 Å². The van der Waals surface area contributed by atoms with Gasteiger partial charge in [-0.3, -0.25) is 0 Å². The van der Waals surface area contributed by atoms with Crippen LogP contribution >= 0.6 is 0 Å². The summed E-state index contributed by atoms with van der Waals surface area (Å²) in [5.41, 5.74) is 5.58. The highest BCUT2D eigenvalue weighted by atomic mass is 16.5. The van der Waals surface area contributed by atoms with E-state index in [1.807, 2.05) is 62.4 Å². The summed E-state index contributed by atoms with van der Waals surface area (Å²) >= 11 is 0. The van der Waals surface area contributed by atoms with Crippen LogP contribution in [-0.4, -0.2) is 26.2 Å². The van der Waals surface area contributed by atoms with Crippen LogP contribution in [0.15, 0.2) is 72.1 Å². The van der Waals surface area contributed by atoms with Crippen molar-refractivity contribution in [1.29, 1.82) is 0 Å². The number of ether oxygens (including phenoxy) is 2. The van der Waals surface area contributed by atoms with Gasteiger partial charge in [0.15, 0.2) is 0 Å². The van der Waals surface area contributed by atoms with E-state index in [4.69, 9.17) is 0 Å². The van der Waals surface area contributed by atoms with Crippen LogP contribution in [0.4, 0.5) is 11.4 Å². The molecule has 0 saturated heterocycles. The number of anilines is 2. The van der Waals surface area contributed by atoms with E-state index in [1.165, 1.54) is 37.5 Å². The fourth-order valence-electron chi connectivity index (χ4n) is 2.65. The molecule has 0 aliphatic carbocycles. The highest BCUT2D eigenvalue weighted by molar-refractivity contribution is 5.83. The molecule has 0 saturated carbocycles. The number of methoxy groups -OCH3 is 2. The van der Waals surface area contributed by atoms with Crippen molar-refractivity contribution >= 4 is 23.3 Å². The molecule has 0 atom stereocenters. The highest BCUT2D eigenvalue weighted by Gasteiger charge is 2.02. The van der Waals surface area contributed by atoms with Crippen LogP contribution in [0.2, 0.25) is 0 Å². The van der Waals surface area contributed by atoms with E-state index in [1.54, 1.807) is 0 Å². The van der Waals surface area contributed by atoms with E-state index in [2.05, 4.69) is 20.1 Å². The molecule has 152 valence electrons. The number of rotatable bonds is 8. The van der Waals surface area contributed by atoms with Crippen LogP contribution in [-0.2, 0) is 25.5 Å². The number of nitrogens with one attached hydrogen (secondary N) is 2. The molecule has 0 aliphatic rings. The monoisotopic (exact) mass is 394 g/mol. The summed E-state index contributed by atoms with van der Waals surface area (Å²) in [6, 6.07) is 16.1. The Kier molecular flexibility index (Phi) is 8.03. The van der Waals surface area contributed by atoms with Gasteiger partial charge in [-0.1, -0.05) is 24.3 Å². The number of hydrogen-bond acceptors (Lipinski definition) is 6. The second-order valence-corrected chi connectivity index (χ2v) is 6.52. The minimum atomic E-state index is -0.388. The summed E-state index contributed by atoms with van der Waals surface area (Å²) in [7, 11) is 2.70. The second kappa shape index (κ2) is 10.7. The van der Waals surface area contributed by atoms with E-state index in [-0.39, 0.29) is 11.9 Å². The third-order valence-electron chi connectivity index (χ3n) is 4.07. The van der Waals surface area contributed by atoms with Gasteiger partial charge in [-0.15, -0.1) is 0 Å². The molecule has 0 unspecified atom stereocenters. The van der Waals surface area contributed by atoms with Crippen molar-refractivity contribution in [3.05, 3.63) is 83.2 Å². The molecule has 2 N–H and O–H groups in total. The van der Waals surface area contributed by atoms with Crippen molar-refractivity contribution in [1.82, 2.24) is 0 Å². The van der Waals surface area contributed by atoms with Gasteiger partial charge in [-0.05, 0) is 55.7 Å². The first kappa shape index (κ1) is 21.8. The Morgan fingerprint density at radius 2 is 1.07 bits per heavy atom. The summed E-state index contributed by atoms with van der Waals surface area (Å²) in [5, 5.41) is 6.31. The van der Waals surface area contributed by atoms with Crippen LogP contribution < -0.4 is 10.6 Å². The Morgan fingerprint density at radius 1 is 0.724 bits per heavy atom. The van der Waals surface area contributed by atoms with E-state index in [0.717, 1.165) is 17.8 Å². The SMILES string of the molecule is COC(=O)/C=C(/C)Nc1ccc(Cc2ccc(N/C(C)=C/C(=O)OC)cc2)cc1. The molecule has 0 amide bonds. The lowest BCUT2D eigenvalue weighted by molar-refractivity contribution is -0.135. The third-order valence-corrected chi connectivity index (χ3v) is 4.07. The maximum atomic E-state index is 11.2. The Bertz CT molecular complexity index is 822. The number of carbonyl (C=O) groups excluding carboxylic acids is 2. The number of allylic oxidation sites excluding steroid dienone is 2. The molecular weight excluding hydrogens is 368 g/mol. The molecule has 0 heterocycles. The lowest BCUT2D eigenvalue weighted by atomic mass is 10.0. The molecule has 0 aromatic heterocycles. The third kappa shape index (κ3) is 7.54. The zero-order valence-electron chi connectivity index (χ0n) is 17.1. The van der Waals surface area contributed by atoms with Crippen LogP contribution in [0.5, 0.6) is 0 Å². The molecule has 2 aromatic carbocycles. The van der Waals surface area contributed by atoms with Gasteiger partial charge in [0.1, 0.15) is 0 Å². The zero-order valence-corrected chi connectivity index (χ0v) is 17.1. The molecule has 29 heavy (non-hydrogen) atoms. The molecule has 6 heteroatoms. The predicted molar refractivity (Wildman–Crippen MR) is 114 cm³/mol. The van der Waals surface area contributed by atoms with Gasteiger partial charge in [0, 0.05) is 34.9 Å². The zero-order chi connectivity index (χ0) is 21.2. The largest absolute Gasteiger partial charge is 0.466 e. The topological polar surface area (TPSA) is 76.7 Å². The normalized spacial score (nSPS) is 11.6. The number of carbonyl (C=O) groups is 2. The Labute approximate surface area is 171 Å². The average molecular weight is 394 g/mol. The molecule has 0 aliphatic heterocycles. The summed E-state index contributed by atoms with van der Waals surface area (Å²) in [4.78, 5) is 22.5. The molecule has 6 nitrogen and oxygen atoms in total. The average Bonchev–Trinajstić information content (AvgIpc) is 2.70. The van der Waals surface area contributed by atoms with Crippen molar-refractivity contribution in [3.8, 4) is 0 Å². The summed E-state index contributed by atoms with van der Waals surface area (Å²) in [6.45, 7) is 3.62. The van der Waals surface area contributed by atoms with Gasteiger partial charge in [0.05, 0.1) is 14.2 Å². The summed E-state index contributed by atoms with van der Waals surface area (Å²) in [5.74, 6) is -0.777. The maximum Gasteiger partial charge on any atom is 0.332 e. The smallest absolute Gasteiger partial charge is 0.332 e. The molecule has 0 bridgehead atoms. The van der Waals surface area contributed by atoms with Gasteiger partial charge in [0.2, 0.25) is 0 Å². The van der Waals surface area contributed by atoms with Gasteiger partial charge in [-0.2, -0.15) is 0 Å². The Morgan fingerprint density at radius 3 is 1.38 bits per heavy atom. The lowest BCUT2D eigenvalue weighted by Crippen LogP contribution is -2.02. The van der Waals surface area contributed by atoms with E-state index < -0.39 is 0 Å². The predicted octanol–water partition coefficient (Wildman–Crippen LogP) is 4.25. The lowest BCUT2D eigenvalue weighted by Gasteiger charge is -2.09. The molecule has 2 rings (SSSR count). The Balaban J connectivity index is 1.95. The van der Waals surface area contributed by atoms with Crippen molar-refractivity contribution < 1.29 is 19.1 Å². The van der Waals surface area contributed by atoms with Gasteiger partial charge >= 0.3 is 11.9 Å². The van der Waals surface area contributed by atoms with Gasteiger partial charge in [-0.25, -0.2) is 9.59 Å². The van der Waals surface area contributed by atoms with Crippen molar-refractivity contribution in [2.45, 2.75) is 20.3 Å². The van der Waals surface area contributed by atoms with E-state index >= 15 is 0 Å². The maximum absolute atomic E-state index is 11.2. The molecular formula is C23H26N2O4. The van der Waals surface area contributed by atoms with Crippen LogP contribution in [0.25, 0.3) is 0 Å². The molecule has 0 spiro atoms. The molecule has 0 fully saturated rings. The van der Waals surface area contributed by atoms with Crippen molar-refractivity contribution in [3.63, 3.8) is 0 Å². The quantitative estimate of drug-likeness (QED) is 0.515. The first-order chi connectivity index (χ1) is 13.9. The van der Waals surface area contributed by atoms with Crippen LogP contribution in [0, 0.1) is 0 Å². The summed E-state index contributed by atoms with van der Waals surface area (Å²) in [6.07, 6.45) is 3.62. The number of esters is 2. The first-order valence-corrected chi connectivity index (χ1v) is 9.14. The minimum absolute atomic E-state index is 0.388. The standard InChI is InChI=1S/C23H26N2O4/c1-16(13-22(26)28-3)24-20-9-5-18(6-10-20)15-19-7-11-21(12-8-19)25-17(2)14-23(27)29-4/h5-14,24-25H,15H2,1-4H3/b16-13-,17-14+. The Hall–Kier alpha value is -3.54. The molecule has 2 aromatic rings. The highest BCUT2D eigenvalue weighted by Crippen LogP contribution is 2.17. The summed E-state index contributed by atoms with van der Waals surface area (Å²) < 4.78 is 9.22. The van der Waals surface area contributed by atoms with E-state index in [9.17, 15) is 9.59 Å². The number of hydrogen-bond donors (Lipinski definition) is 2. The van der Waals surface area contributed by atoms with Gasteiger partial charge < -0.3 is 20.1 Å². The fraction of sp³-hybridized carbons (Fsp3) is 0.217. The van der Waals surface area contributed by atoms with Crippen LogP contribution in [0.1, 0.15) is 25.0 Å². The number of benzene rings is 2. The van der Waals surface area contributed by atoms with E-state index in [0.29, 0.717) is 11.4 Å². The second-order valence-electron chi connectivity index (χ2n) is 6.52. The van der Waals surface area contributed by atoms with Gasteiger partial charge in [0.25, 0.3) is 0 Å².